The number of benzene rings is 2. The number of thiazole rings is 1. The fourth-order valence-electron chi connectivity index (χ4n) is 4.18. The number of carbonyl (C=O) groups excluding carboxylic acids is 2. The van der Waals surface area contributed by atoms with Gasteiger partial charge in [-0.15, -0.1) is 11.3 Å². The summed E-state index contributed by atoms with van der Waals surface area (Å²) < 4.78 is 5.55. The van der Waals surface area contributed by atoms with Gasteiger partial charge in [0.15, 0.2) is 0 Å². The van der Waals surface area contributed by atoms with E-state index in [1.807, 2.05) is 36.4 Å². The number of alkyl carbamates (subject to hydrolysis) is 1. The number of hydrogen-bond donors (Lipinski definition) is 3. The van der Waals surface area contributed by atoms with Crippen molar-refractivity contribution < 1.29 is 24.2 Å². The molecule has 0 atom stereocenters. The van der Waals surface area contributed by atoms with Gasteiger partial charge in [0.05, 0.1) is 12.7 Å². The first-order valence-corrected chi connectivity index (χ1v) is 11.4. The first-order chi connectivity index (χ1) is 16.0. The Bertz CT molecular complexity index is 1200. The lowest BCUT2D eigenvalue weighted by atomic mass is 9.98. The molecule has 1 aromatic heterocycles. The quantitative estimate of drug-likeness (QED) is 0.493. The highest BCUT2D eigenvalue weighted by atomic mass is 32.1. The predicted octanol–water partition coefficient (Wildman–Crippen LogP) is 3.53. The Morgan fingerprint density at radius 2 is 1.70 bits per heavy atom. The average molecular weight is 464 g/mol. The first-order valence-electron chi connectivity index (χ1n) is 10.6. The zero-order valence-electron chi connectivity index (χ0n) is 17.5. The molecule has 0 saturated heterocycles. The van der Waals surface area contributed by atoms with Gasteiger partial charge in [-0.05, 0) is 35.1 Å². The molecule has 9 heteroatoms. The lowest BCUT2D eigenvalue weighted by Crippen LogP contribution is -2.49. The van der Waals surface area contributed by atoms with E-state index in [0.717, 1.165) is 33.6 Å². The maximum absolute atomic E-state index is 12.6. The molecule has 1 fully saturated rings. The van der Waals surface area contributed by atoms with Gasteiger partial charge in [0.2, 0.25) is 5.91 Å². The van der Waals surface area contributed by atoms with Crippen molar-refractivity contribution in [1.29, 1.82) is 0 Å². The Morgan fingerprint density at radius 1 is 1.06 bits per heavy atom. The number of amides is 2. The van der Waals surface area contributed by atoms with Crippen LogP contribution in [0.5, 0.6) is 0 Å². The Balaban J connectivity index is 1.18. The van der Waals surface area contributed by atoms with E-state index in [-0.39, 0.29) is 29.9 Å². The number of aromatic nitrogens is 1. The van der Waals surface area contributed by atoms with Gasteiger partial charge in [-0.3, -0.25) is 4.79 Å². The van der Waals surface area contributed by atoms with Crippen LogP contribution in [0.1, 0.15) is 44.6 Å². The van der Waals surface area contributed by atoms with Crippen molar-refractivity contribution in [2.24, 2.45) is 0 Å². The van der Waals surface area contributed by atoms with Gasteiger partial charge in [0.1, 0.15) is 22.0 Å². The summed E-state index contributed by atoms with van der Waals surface area (Å²) in [6, 6.07) is 16.2. The molecule has 33 heavy (non-hydrogen) atoms. The van der Waals surface area contributed by atoms with Crippen LogP contribution < -0.4 is 10.6 Å². The monoisotopic (exact) mass is 463 g/mol. The van der Waals surface area contributed by atoms with Crippen molar-refractivity contribution >= 4 is 29.3 Å². The number of hydrogen-bond acceptors (Lipinski definition) is 6. The highest BCUT2D eigenvalue weighted by Gasteiger charge is 2.51. The number of ether oxygens (including phenoxy) is 1. The molecule has 2 aliphatic rings. The molecule has 2 aliphatic carbocycles. The molecule has 3 N–H and O–H groups in total. The zero-order valence-corrected chi connectivity index (χ0v) is 18.4. The van der Waals surface area contributed by atoms with Gasteiger partial charge < -0.3 is 20.5 Å². The smallest absolute Gasteiger partial charge is 0.408 e. The second-order valence-electron chi connectivity index (χ2n) is 8.14. The Labute approximate surface area is 193 Å². The number of fused-ring (bicyclic) bond motifs is 3. The van der Waals surface area contributed by atoms with Crippen LogP contribution in [0.2, 0.25) is 0 Å². The van der Waals surface area contributed by atoms with Crippen LogP contribution in [0.15, 0.2) is 54.7 Å². The van der Waals surface area contributed by atoms with E-state index in [9.17, 15) is 14.4 Å². The fraction of sp³-hybridized carbons (Fsp3) is 0.250. The fourth-order valence-corrected chi connectivity index (χ4v) is 4.88. The van der Waals surface area contributed by atoms with E-state index in [1.54, 1.807) is 0 Å². The second kappa shape index (κ2) is 8.32. The third-order valence-electron chi connectivity index (χ3n) is 6.03. The van der Waals surface area contributed by atoms with Crippen LogP contribution in [-0.2, 0) is 16.1 Å². The molecular formula is C24H21N3O5S. The second-order valence-corrected chi connectivity index (χ2v) is 9.25. The summed E-state index contributed by atoms with van der Waals surface area (Å²) in [6.07, 6.45) is 1.66. The Morgan fingerprint density at radius 3 is 2.27 bits per heavy atom. The molecule has 0 spiro atoms. The highest BCUT2D eigenvalue weighted by Crippen LogP contribution is 2.44. The molecular weight excluding hydrogens is 442 g/mol. The molecule has 0 radical (unpaired) electrons. The maximum Gasteiger partial charge on any atom is 0.408 e. The number of aromatic carboxylic acids is 1. The minimum absolute atomic E-state index is 0.0551. The van der Waals surface area contributed by atoms with Crippen molar-refractivity contribution in [3.05, 3.63) is 75.7 Å². The van der Waals surface area contributed by atoms with E-state index < -0.39 is 17.6 Å². The number of rotatable bonds is 7. The molecule has 0 unspecified atom stereocenters. The van der Waals surface area contributed by atoms with E-state index >= 15 is 0 Å². The molecule has 1 heterocycles. The van der Waals surface area contributed by atoms with Crippen LogP contribution in [0.25, 0.3) is 11.1 Å². The molecule has 0 bridgehead atoms. The Hall–Kier alpha value is -3.72. The minimum atomic E-state index is -1.05. The van der Waals surface area contributed by atoms with E-state index in [4.69, 9.17) is 9.84 Å². The van der Waals surface area contributed by atoms with Gasteiger partial charge in [0, 0.05) is 5.92 Å². The third-order valence-corrected chi connectivity index (χ3v) is 7.02. The van der Waals surface area contributed by atoms with Crippen LogP contribution in [0, 0.1) is 0 Å². The van der Waals surface area contributed by atoms with Crippen LogP contribution in [-0.4, -0.2) is 40.2 Å². The van der Waals surface area contributed by atoms with Crippen molar-refractivity contribution in [1.82, 2.24) is 15.6 Å². The highest BCUT2D eigenvalue weighted by molar-refractivity contribution is 7.13. The molecule has 0 aliphatic heterocycles. The molecule has 2 aromatic carbocycles. The van der Waals surface area contributed by atoms with Gasteiger partial charge in [-0.25, -0.2) is 14.6 Å². The summed E-state index contributed by atoms with van der Waals surface area (Å²) in [4.78, 5) is 40.3. The largest absolute Gasteiger partial charge is 0.477 e. The van der Waals surface area contributed by atoms with E-state index in [1.165, 1.54) is 6.20 Å². The summed E-state index contributed by atoms with van der Waals surface area (Å²) in [5.74, 6) is -1.44. The van der Waals surface area contributed by atoms with Crippen molar-refractivity contribution in [3.8, 4) is 11.1 Å². The molecule has 2 amide bonds. The maximum atomic E-state index is 12.6. The number of carboxylic acids is 1. The van der Waals surface area contributed by atoms with Gasteiger partial charge in [0.25, 0.3) is 0 Å². The standard InChI is InChI=1S/C24H21N3O5S/c28-21(29)19-11-25-20(33-19)12-26-22(30)24(9-10-24)27-23(31)32-13-18-16-7-3-1-5-14(16)15-6-2-4-8-17(15)18/h1-8,11,18H,9-10,12-13H2,(H,26,30)(H,27,31)(H,28,29). The molecule has 168 valence electrons. The third kappa shape index (κ3) is 4.07. The minimum Gasteiger partial charge on any atom is -0.477 e. The van der Waals surface area contributed by atoms with Crippen LogP contribution in [0.4, 0.5) is 4.79 Å². The van der Waals surface area contributed by atoms with E-state index in [0.29, 0.717) is 17.8 Å². The SMILES string of the molecule is O=C(NC1(C(=O)NCc2ncc(C(=O)O)s2)CC1)OCC1c2ccccc2-c2ccccc21. The topological polar surface area (TPSA) is 118 Å². The number of carbonyl (C=O) groups is 3. The lowest BCUT2D eigenvalue weighted by molar-refractivity contribution is -0.124. The molecule has 3 aromatic rings. The summed E-state index contributed by atoms with van der Waals surface area (Å²) in [5.41, 5.74) is 3.54. The van der Waals surface area contributed by atoms with Gasteiger partial charge in [-0.1, -0.05) is 48.5 Å². The summed E-state index contributed by atoms with van der Waals surface area (Å²) >= 11 is 1.00. The molecule has 8 nitrogen and oxygen atoms in total. The predicted molar refractivity (Wildman–Crippen MR) is 121 cm³/mol. The number of carboxylic acid groups (broad SMARTS) is 1. The Kier molecular flexibility index (Phi) is 5.33. The van der Waals surface area contributed by atoms with Crippen LogP contribution in [0.3, 0.4) is 0 Å². The van der Waals surface area contributed by atoms with E-state index in [2.05, 4.69) is 27.8 Å². The molecule has 1 saturated carbocycles. The first kappa shape index (κ1) is 21.1. The van der Waals surface area contributed by atoms with Crippen molar-refractivity contribution in [2.75, 3.05) is 6.61 Å². The molecule has 5 rings (SSSR count). The zero-order chi connectivity index (χ0) is 23.0. The lowest BCUT2D eigenvalue weighted by Gasteiger charge is -2.19. The summed E-state index contributed by atoms with van der Waals surface area (Å²) in [5, 5.41) is 14.9. The van der Waals surface area contributed by atoms with Crippen molar-refractivity contribution in [3.63, 3.8) is 0 Å². The van der Waals surface area contributed by atoms with Gasteiger partial charge in [-0.2, -0.15) is 0 Å². The number of nitrogens with zero attached hydrogens (tertiary/aromatic N) is 1. The summed E-state index contributed by atoms with van der Waals surface area (Å²) in [7, 11) is 0. The number of nitrogens with one attached hydrogen (secondary N) is 2. The van der Waals surface area contributed by atoms with Crippen LogP contribution >= 0.6 is 11.3 Å². The normalized spacial score (nSPS) is 15.3. The van der Waals surface area contributed by atoms with Gasteiger partial charge >= 0.3 is 12.1 Å². The van der Waals surface area contributed by atoms with Crippen molar-refractivity contribution in [2.45, 2.75) is 30.8 Å². The summed E-state index contributed by atoms with van der Waals surface area (Å²) in [6.45, 7) is 0.277. The average Bonchev–Trinajstić information content (AvgIpc) is 3.31.